The molecule has 0 aliphatic heterocycles. The number of rotatable bonds is 6. The second-order valence-electron chi connectivity index (χ2n) is 8.03. The number of nitro groups is 1. The van der Waals surface area contributed by atoms with E-state index in [9.17, 15) is 19.7 Å². The molecule has 32 heavy (non-hydrogen) atoms. The molecule has 0 saturated heterocycles. The number of amides is 1. The number of hydrogen-bond donors (Lipinski definition) is 0. The number of ether oxygens (including phenoxy) is 1. The Labute approximate surface area is 184 Å². The molecule has 166 valence electrons. The second kappa shape index (κ2) is 9.21. The standard InChI is InChI=1S/C24H24N2O6/c1-25(17-5-3-2-4-6-17)23(27)15-31-19-11-12-20-21(14-24(28)32-22(20)13-19)16-7-9-18(10-8-16)26(29)30/h7-14,17H,2-6,15H2,1H3. The number of non-ortho nitro benzene ring substituents is 1. The molecule has 0 N–H and O–H groups in total. The summed E-state index contributed by atoms with van der Waals surface area (Å²) >= 11 is 0. The van der Waals surface area contributed by atoms with Crippen molar-refractivity contribution in [3.63, 3.8) is 0 Å². The first-order chi connectivity index (χ1) is 15.4. The van der Waals surface area contributed by atoms with Gasteiger partial charge in [0.15, 0.2) is 6.61 Å². The molecule has 0 spiro atoms. The molecular weight excluding hydrogens is 412 g/mol. The Morgan fingerprint density at radius 3 is 2.53 bits per heavy atom. The van der Waals surface area contributed by atoms with Crippen LogP contribution in [0.4, 0.5) is 5.69 Å². The van der Waals surface area contributed by atoms with E-state index in [1.165, 1.54) is 24.6 Å². The van der Waals surface area contributed by atoms with Crippen LogP contribution < -0.4 is 10.4 Å². The Morgan fingerprint density at radius 2 is 1.84 bits per heavy atom. The molecule has 1 aliphatic carbocycles. The summed E-state index contributed by atoms with van der Waals surface area (Å²) in [6, 6.07) is 12.6. The Morgan fingerprint density at radius 1 is 1.12 bits per heavy atom. The maximum atomic E-state index is 12.5. The van der Waals surface area contributed by atoms with Gasteiger partial charge < -0.3 is 14.1 Å². The van der Waals surface area contributed by atoms with Crippen molar-refractivity contribution < 1.29 is 18.9 Å². The van der Waals surface area contributed by atoms with Crippen molar-refractivity contribution in [1.29, 1.82) is 0 Å². The summed E-state index contributed by atoms with van der Waals surface area (Å²) in [5.41, 5.74) is 1.00. The van der Waals surface area contributed by atoms with Gasteiger partial charge in [-0.05, 0) is 48.2 Å². The molecule has 8 nitrogen and oxygen atoms in total. The third kappa shape index (κ3) is 4.64. The normalized spacial score (nSPS) is 14.3. The largest absolute Gasteiger partial charge is 0.484 e. The molecule has 1 fully saturated rings. The fourth-order valence-corrected chi connectivity index (χ4v) is 4.15. The number of benzene rings is 2. The molecule has 1 heterocycles. The highest BCUT2D eigenvalue weighted by Gasteiger charge is 2.22. The number of nitro benzene ring substituents is 1. The minimum Gasteiger partial charge on any atom is -0.484 e. The minimum absolute atomic E-state index is 0.0282. The highest BCUT2D eigenvalue weighted by molar-refractivity contribution is 5.94. The maximum Gasteiger partial charge on any atom is 0.336 e. The van der Waals surface area contributed by atoms with E-state index in [2.05, 4.69) is 0 Å². The quantitative estimate of drug-likeness (QED) is 0.319. The van der Waals surface area contributed by atoms with Gasteiger partial charge in [0.1, 0.15) is 11.3 Å². The second-order valence-corrected chi connectivity index (χ2v) is 8.03. The van der Waals surface area contributed by atoms with Gasteiger partial charge in [0.05, 0.1) is 4.92 Å². The van der Waals surface area contributed by atoms with Crippen LogP contribution >= 0.6 is 0 Å². The highest BCUT2D eigenvalue weighted by atomic mass is 16.6. The predicted octanol–water partition coefficient (Wildman–Crippen LogP) is 4.54. The van der Waals surface area contributed by atoms with Crippen LogP contribution in [0.2, 0.25) is 0 Å². The van der Waals surface area contributed by atoms with Crippen LogP contribution in [0.1, 0.15) is 32.1 Å². The number of carbonyl (C=O) groups excluding carboxylic acids is 1. The third-order valence-electron chi connectivity index (χ3n) is 5.98. The van der Waals surface area contributed by atoms with E-state index in [0.29, 0.717) is 27.8 Å². The molecule has 1 aliphatic rings. The molecule has 2 aromatic carbocycles. The lowest BCUT2D eigenvalue weighted by atomic mass is 9.94. The molecule has 0 atom stereocenters. The Hall–Kier alpha value is -3.68. The third-order valence-corrected chi connectivity index (χ3v) is 5.98. The average Bonchev–Trinajstić information content (AvgIpc) is 2.81. The molecule has 1 aromatic heterocycles. The van der Waals surface area contributed by atoms with Crippen LogP contribution in [-0.4, -0.2) is 35.4 Å². The summed E-state index contributed by atoms with van der Waals surface area (Å²) in [4.78, 5) is 36.8. The van der Waals surface area contributed by atoms with Crippen LogP contribution in [0, 0.1) is 10.1 Å². The summed E-state index contributed by atoms with van der Waals surface area (Å²) in [5, 5.41) is 11.6. The molecular formula is C24H24N2O6. The molecule has 4 rings (SSSR count). The summed E-state index contributed by atoms with van der Waals surface area (Å²) in [5.74, 6) is 0.338. The van der Waals surface area contributed by atoms with Gasteiger partial charge in [0, 0.05) is 42.7 Å². The number of likely N-dealkylation sites (N-methyl/N-ethyl adjacent to an activating group) is 1. The Bertz CT molecular complexity index is 1200. The van der Waals surface area contributed by atoms with E-state index in [0.717, 1.165) is 25.7 Å². The zero-order valence-corrected chi connectivity index (χ0v) is 17.8. The number of carbonyl (C=O) groups is 1. The van der Waals surface area contributed by atoms with E-state index in [1.807, 2.05) is 7.05 Å². The van der Waals surface area contributed by atoms with Gasteiger partial charge in [0.25, 0.3) is 11.6 Å². The van der Waals surface area contributed by atoms with Crippen LogP contribution in [0.25, 0.3) is 22.1 Å². The molecule has 0 unspecified atom stereocenters. The molecule has 1 amide bonds. The highest BCUT2D eigenvalue weighted by Crippen LogP contribution is 2.31. The van der Waals surface area contributed by atoms with Crippen molar-refractivity contribution in [2.45, 2.75) is 38.1 Å². The van der Waals surface area contributed by atoms with Crippen molar-refractivity contribution in [3.05, 3.63) is 69.1 Å². The van der Waals surface area contributed by atoms with E-state index in [4.69, 9.17) is 9.15 Å². The van der Waals surface area contributed by atoms with Gasteiger partial charge >= 0.3 is 5.63 Å². The van der Waals surface area contributed by atoms with E-state index in [1.54, 1.807) is 35.2 Å². The van der Waals surface area contributed by atoms with Crippen molar-refractivity contribution in [3.8, 4) is 16.9 Å². The Balaban J connectivity index is 1.53. The summed E-state index contributed by atoms with van der Waals surface area (Å²) < 4.78 is 11.0. The zero-order chi connectivity index (χ0) is 22.7. The van der Waals surface area contributed by atoms with Crippen LogP contribution in [0.15, 0.2) is 57.7 Å². The summed E-state index contributed by atoms with van der Waals surface area (Å²) in [6.07, 6.45) is 5.55. The lowest BCUT2D eigenvalue weighted by Crippen LogP contribution is -2.40. The summed E-state index contributed by atoms with van der Waals surface area (Å²) in [7, 11) is 1.82. The van der Waals surface area contributed by atoms with Crippen molar-refractivity contribution in [1.82, 2.24) is 4.90 Å². The SMILES string of the molecule is CN(C(=O)COc1ccc2c(-c3ccc([N+](=O)[O-])cc3)cc(=O)oc2c1)C1CCCCC1. The number of nitrogens with zero attached hydrogens (tertiary/aromatic N) is 2. The molecule has 1 saturated carbocycles. The number of fused-ring (bicyclic) bond motifs is 1. The molecule has 0 radical (unpaired) electrons. The summed E-state index contributed by atoms with van der Waals surface area (Å²) in [6.45, 7) is -0.0925. The first kappa shape index (κ1) is 21.5. The van der Waals surface area contributed by atoms with Crippen molar-refractivity contribution in [2.24, 2.45) is 0 Å². The Kier molecular flexibility index (Phi) is 6.20. The van der Waals surface area contributed by atoms with Crippen LogP contribution in [-0.2, 0) is 4.79 Å². The minimum atomic E-state index is -0.545. The first-order valence-electron chi connectivity index (χ1n) is 10.6. The van der Waals surface area contributed by atoms with Crippen LogP contribution in [0.5, 0.6) is 5.75 Å². The van der Waals surface area contributed by atoms with Gasteiger partial charge in [-0.1, -0.05) is 19.3 Å². The topological polar surface area (TPSA) is 103 Å². The van der Waals surface area contributed by atoms with Gasteiger partial charge in [-0.15, -0.1) is 0 Å². The molecule has 3 aromatic rings. The smallest absolute Gasteiger partial charge is 0.336 e. The monoisotopic (exact) mass is 436 g/mol. The van der Waals surface area contributed by atoms with Crippen molar-refractivity contribution in [2.75, 3.05) is 13.7 Å². The van der Waals surface area contributed by atoms with E-state index >= 15 is 0 Å². The maximum absolute atomic E-state index is 12.5. The fourth-order valence-electron chi connectivity index (χ4n) is 4.15. The van der Waals surface area contributed by atoms with Gasteiger partial charge in [-0.3, -0.25) is 14.9 Å². The van der Waals surface area contributed by atoms with Gasteiger partial charge in [0.2, 0.25) is 0 Å². The fraction of sp³-hybridized carbons (Fsp3) is 0.333. The average molecular weight is 436 g/mol. The lowest BCUT2D eigenvalue weighted by molar-refractivity contribution is -0.384. The first-order valence-corrected chi connectivity index (χ1v) is 10.6. The molecule has 8 heteroatoms. The number of hydrogen-bond acceptors (Lipinski definition) is 6. The predicted molar refractivity (Wildman–Crippen MR) is 120 cm³/mol. The van der Waals surface area contributed by atoms with Crippen LogP contribution in [0.3, 0.4) is 0 Å². The van der Waals surface area contributed by atoms with E-state index < -0.39 is 10.5 Å². The van der Waals surface area contributed by atoms with Gasteiger partial charge in [-0.25, -0.2) is 4.79 Å². The van der Waals surface area contributed by atoms with Gasteiger partial charge in [-0.2, -0.15) is 0 Å². The lowest BCUT2D eigenvalue weighted by Gasteiger charge is -2.31. The van der Waals surface area contributed by atoms with E-state index in [-0.39, 0.29) is 24.2 Å². The zero-order valence-electron chi connectivity index (χ0n) is 17.8. The molecule has 0 bridgehead atoms. The van der Waals surface area contributed by atoms with Crippen molar-refractivity contribution >= 4 is 22.6 Å².